The van der Waals surface area contributed by atoms with Gasteiger partial charge in [-0.3, -0.25) is 9.69 Å². The van der Waals surface area contributed by atoms with E-state index in [2.05, 4.69) is 28.9 Å². The van der Waals surface area contributed by atoms with E-state index >= 15 is 0 Å². The quantitative estimate of drug-likeness (QED) is 0.916. The number of aryl methyl sites for hydroxylation is 1. The van der Waals surface area contributed by atoms with Gasteiger partial charge in [0.05, 0.1) is 19.8 Å². The van der Waals surface area contributed by atoms with Crippen molar-refractivity contribution in [2.75, 3.05) is 39.9 Å². The van der Waals surface area contributed by atoms with Crippen molar-refractivity contribution in [2.24, 2.45) is 5.92 Å². The van der Waals surface area contributed by atoms with Crippen molar-refractivity contribution in [3.63, 3.8) is 0 Å². The van der Waals surface area contributed by atoms with E-state index in [0.717, 1.165) is 44.1 Å². The summed E-state index contributed by atoms with van der Waals surface area (Å²) in [5.41, 5.74) is 3.48. The number of morpholine rings is 1. The zero-order valence-corrected chi connectivity index (χ0v) is 14.8. The highest BCUT2D eigenvalue weighted by atomic mass is 16.5. The minimum atomic E-state index is -0.00205. The zero-order valence-electron chi connectivity index (χ0n) is 14.8. The van der Waals surface area contributed by atoms with Crippen LogP contribution in [0.2, 0.25) is 0 Å². The Morgan fingerprint density at radius 3 is 2.75 bits per heavy atom. The SMILES string of the molecule is Cc1c(CN(C)C(=O)[C@H](C)CN2CCOCC2)[nH]c2ccccc12. The molecule has 1 aromatic carbocycles. The number of para-hydroxylation sites is 1. The summed E-state index contributed by atoms with van der Waals surface area (Å²) >= 11 is 0. The summed E-state index contributed by atoms with van der Waals surface area (Å²) in [5, 5.41) is 1.23. The highest BCUT2D eigenvalue weighted by Gasteiger charge is 2.22. The average Bonchev–Trinajstić information content (AvgIpc) is 2.91. The summed E-state index contributed by atoms with van der Waals surface area (Å²) in [7, 11) is 1.89. The second-order valence-electron chi connectivity index (χ2n) is 6.78. The number of aromatic nitrogens is 1. The molecule has 1 fully saturated rings. The van der Waals surface area contributed by atoms with Crippen molar-refractivity contribution in [1.29, 1.82) is 0 Å². The maximum atomic E-state index is 12.7. The van der Waals surface area contributed by atoms with Gasteiger partial charge in [0.2, 0.25) is 5.91 Å². The molecule has 5 heteroatoms. The van der Waals surface area contributed by atoms with E-state index < -0.39 is 0 Å². The van der Waals surface area contributed by atoms with Gasteiger partial charge in [-0.1, -0.05) is 25.1 Å². The van der Waals surface area contributed by atoms with Crippen molar-refractivity contribution in [1.82, 2.24) is 14.8 Å². The number of rotatable bonds is 5. The van der Waals surface area contributed by atoms with Crippen molar-refractivity contribution in [2.45, 2.75) is 20.4 Å². The van der Waals surface area contributed by atoms with Crippen LogP contribution in [0.5, 0.6) is 0 Å². The van der Waals surface area contributed by atoms with Crippen LogP contribution >= 0.6 is 0 Å². The lowest BCUT2D eigenvalue weighted by Crippen LogP contribution is -2.43. The highest BCUT2D eigenvalue weighted by Crippen LogP contribution is 2.22. The molecule has 1 amide bonds. The molecule has 1 aliphatic rings. The fourth-order valence-corrected chi connectivity index (χ4v) is 3.44. The summed E-state index contributed by atoms with van der Waals surface area (Å²) in [6, 6.07) is 8.27. The van der Waals surface area contributed by atoms with Gasteiger partial charge < -0.3 is 14.6 Å². The number of H-pyrrole nitrogens is 1. The van der Waals surface area contributed by atoms with Gasteiger partial charge in [0.15, 0.2) is 0 Å². The van der Waals surface area contributed by atoms with Crippen LogP contribution < -0.4 is 0 Å². The highest BCUT2D eigenvalue weighted by molar-refractivity contribution is 5.84. The maximum absolute atomic E-state index is 12.7. The Kier molecular flexibility index (Phi) is 5.21. The number of aromatic amines is 1. The molecule has 2 heterocycles. The number of carbonyl (C=O) groups excluding carboxylic acids is 1. The largest absolute Gasteiger partial charge is 0.379 e. The standard InChI is InChI=1S/C19H27N3O2/c1-14(12-22-8-10-24-11-9-22)19(23)21(3)13-18-15(2)16-6-4-5-7-17(16)20-18/h4-7,14,20H,8-13H2,1-3H3/t14-/m1/s1. The molecular formula is C19H27N3O2. The Morgan fingerprint density at radius 1 is 1.33 bits per heavy atom. The number of ether oxygens (including phenoxy) is 1. The lowest BCUT2D eigenvalue weighted by Gasteiger charge is -2.30. The third-order valence-electron chi connectivity index (χ3n) is 4.90. The third kappa shape index (κ3) is 3.62. The molecule has 1 saturated heterocycles. The van der Waals surface area contributed by atoms with Gasteiger partial charge in [0, 0.05) is 49.2 Å². The van der Waals surface area contributed by atoms with Gasteiger partial charge in [-0.25, -0.2) is 0 Å². The summed E-state index contributed by atoms with van der Waals surface area (Å²) in [6.07, 6.45) is 0. The topological polar surface area (TPSA) is 48.6 Å². The molecule has 1 N–H and O–H groups in total. The van der Waals surface area contributed by atoms with Crippen LogP contribution in [0.1, 0.15) is 18.2 Å². The molecule has 130 valence electrons. The van der Waals surface area contributed by atoms with Crippen LogP contribution in [-0.2, 0) is 16.1 Å². The predicted octanol–water partition coefficient (Wildman–Crippen LogP) is 2.40. The van der Waals surface area contributed by atoms with E-state index in [-0.39, 0.29) is 11.8 Å². The fourth-order valence-electron chi connectivity index (χ4n) is 3.44. The van der Waals surface area contributed by atoms with E-state index in [1.165, 1.54) is 10.9 Å². The number of carbonyl (C=O) groups is 1. The van der Waals surface area contributed by atoms with Gasteiger partial charge in [0.1, 0.15) is 0 Å². The average molecular weight is 329 g/mol. The molecule has 0 bridgehead atoms. The molecule has 1 aliphatic heterocycles. The minimum Gasteiger partial charge on any atom is -0.379 e. The Hall–Kier alpha value is -1.85. The summed E-state index contributed by atoms with van der Waals surface area (Å²) in [4.78, 5) is 20.3. The van der Waals surface area contributed by atoms with E-state index in [1.807, 2.05) is 31.0 Å². The summed E-state index contributed by atoms with van der Waals surface area (Å²) < 4.78 is 5.37. The third-order valence-corrected chi connectivity index (χ3v) is 4.90. The molecule has 1 aromatic heterocycles. The van der Waals surface area contributed by atoms with Gasteiger partial charge in [-0.15, -0.1) is 0 Å². The molecule has 0 spiro atoms. The number of hydrogen-bond acceptors (Lipinski definition) is 3. The molecule has 0 radical (unpaired) electrons. The zero-order chi connectivity index (χ0) is 17.1. The monoisotopic (exact) mass is 329 g/mol. The molecule has 0 aliphatic carbocycles. The van der Waals surface area contributed by atoms with Gasteiger partial charge in [-0.2, -0.15) is 0 Å². The molecule has 5 nitrogen and oxygen atoms in total. The number of benzene rings is 1. The number of nitrogens with one attached hydrogen (secondary N) is 1. The Morgan fingerprint density at radius 2 is 2.04 bits per heavy atom. The van der Waals surface area contributed by atoms with Crippen LogP contribution in [-0.4, -0.2) is 60.6 Å². The lowest BCUT2D eigenvalue weighted by atomic mass is 10.1. The second-order valence-corrected chi connectivity index (χ2v) is 6.78. The van der Waals surface area contributed by atoms with Crippen molar-refractivity contribution in [3.8, 4) is 0 Å². The van der Waals surface area contributed by atoms with Crippen molar-refractivity contribution < 1.29 is 9.53 Å². The smallest absolute Gasteiger partial charge is 0.226 e. The minimum absolute atomic E-state index is 0.00205. The molecule has 2 aromatic rings. The molecule has 3 rings (SSSR count). The first-order chi connectivity index (χ1) is 11.6. The first kappa shape index (κ1) is 17.0. The number of hydrogen-bond donors (Lipinski definition) is 1. The van der Waals surface area contributed by atoms with E-state index in [9.17, 15) is 4.79 Å². The van der Waals surface area contributed by atoms with Crippen LogP contribution in [0, 0.1) is 12.8 Å². The maximum Gasteiger partial charge on any atom is 0.226 e. The molecule has 0 unspecified atom stereocenters. The molecule has 0 saturated carbocycles. The van der Waals surface area contributed by atoms with E-state index in [4.69, 9.17) is 4.74 Å². The second kappa shape index (κ2) is 7.36. The predicted molar refractivity (Wildman–Crippen MR) is 95.9 cm³/mol. The number of fused-ring (bicyclic) bond motifs is 1. The van der Waals surface area contributed by atoms with Crippen molar-refractivity contribution >= 4 is 16.8 Å². The van der Waals surface area contributed by atoms with Crippen LogP contribution in [0.25, 0.3) is 10.9 Å². The van der Waals surface area contributed by atoms with E-state index in [1.54, 1.807) is 0 Å². The van der Waals surface area contributed by atoms with E-state index in [0.29, 0.717) is 6.54 Å². The van der Waals surface area contributed by atoms with Gasteiger partial charge in [-0.05, 0) is 18.6 Å². The Bertz CT molecular complexity index is 704. The van der Waals surface area contributed by atoms with Crippen molar-refractivity contribution in [3.05, 3.63) is 35.5 Å². The lowest BCUT2D eigenvalue weighted by molar-refractivity contribution is -0.135. The van der Waals surface area contributed by atoms with Gasteiger partial charge in [0.25, 0.3) is 0 Å². The number of amides is 1. The number of nitrogens with zero attached hydrogens (tertiary/aromatic N) is 2. The normalized spacial score (nSPS) is 17.1. The fraction of sp³-hybridized carbons (Fsp3) is 0.526. The van der Waals surface area contributed by atoms with Crippen LogP contribution in [0.3, 0.4) is 0 Å². The first-order valence-electron chi connectivity index (χ1n) is 8.67. The summed E-state index contributed by atoms with van der Waals surface area (Å²) in [5.74, 6) is 0.192. The molecule has 24 heavy (non-hydrogen) atoms. The van der Waals surface area contributed by atoms with Gasteiger partial charge >= 0.3 is 0 Å². The van der Waals surface area contributed by atoms with Crippen LogP contribution in [0.15, 0.2) is 24.3 Å². The molecule has 1 atom stereocenters. The molecular weight excluding hydrogens is 302 g/mol. The first-order valence-corrected chi connectivity index (χ1v) is 8.67. The van der Waals surface area contributed by atoms with Crippen LogP contribution in [0.4, 0.5) is 0 Å². The summed E-state index contributed by atoms with van der Waals surface area (Å²) in [6.45, 7) is 8.93. The Balaban J connectivity index is 1.63. The Labute approximate surface area is 143 Å².